The molecular weight excluding hydrogens is 526 g/mol. The van der Waals surface area contributed by atoms with Gasteiger partial charge in [0.05, 0.1) is 18.0 Å². The fourth-order valence-corrected chi connectivity index (χ4v) is 4.26. The number of aliphatic imine (C=N–C) groups is 2. The summed E-state index contributed by atoms with van der Waals surface area (Å²) in [4.78, 5) is 39.3. The second-order valence-electron chi connectivity index (χ2n) is 10.2. The summed E-state index contributed by atoms with van der Waals surface area (Å²) in [6.45, 7) is 15.6. The van der Waals surface area contributed by atoms with E-state index in [4.69, 9.17) is 14.5 Å². The normalized spacial score (nSPS) is 14.1. The lowest BCUT2D eigenvalue weighted by molar-refractivity contribution is -0.127. The molecule has 216 valence electrons. The van der Waals surface area contributed by atoms with Crippen LogP contribution < -0.4 is 10.6 Å². The summed E-state index contributed by atoms with van der Waals surface area (Å²) < 4.78 is 10.8. The van der Waals surface area contributed by atoms with Crippen LogP contribution >= 0.6 is 11.3 Å². The van der Waals surface area contributed by atoms with E-state index in [9.17, 15) is 9.59 Å². The van der Waals surface area contributed by atoms with Crippen molar-refractivity contribution >= 4 is 40.2 Å². The molecule has 0 aliphatic rings. The highest BCUT2D eigenvalue weighted by Crippen LogP contribution is 2.28. The smallest absolute Gasteiger partial charge is 0.287 e. The van der Waals surface area contributed by atoms with Crippen molar-refractivity contribution in [1.82, 2.24) is 10.3 Å². The number of nitrogens with zero attached hydrogens (tertiary/aromatic N) is 3. The first-order valence-electron chi connectivity index (χ1n) is 13.1. The molecule has 0 fully saturated rings. The Kier molecular flexibility index (Phi) is 12.4. The minimum Gasteiger partial charge on any atom is -0.456 e. The van der Waals surface area contributed by atoms with E-state index in [-0.39, 0.29) is 23.8 Å². The Morgan fingerprint density at radius 2 is 2.00 bits per heavy atom. The van der Waals surface area contributed by atoms with E-state index in [2.05, 4.69) is 41.0 Å². The molecular formula is C30H41N5O4S. The van der Waals surface area contributed by atoms with Gasteiger partial charge in [0, 0.05) is 48.3 Å². The molecule has 0 radical (unpaired) electrons. The van der Waals surface area contributed by atoms with Crippen molar-refractivity contribution < 1.29 is 19.1 Å². The highest BCUT2D eigenvalue weighted by Gasteiger charge is 2.26. The predicted octanol–water partition coefficient (Wildman–Crippen LogP) is 5.65. The van der Waals surface area contributed by atoms with E-state index in [1.807, 2.05) is 57.3 Å². The molecule has 0 aliphatic carbocycles. The van der Waals surface area contributed by atoms with E-state index >= 15 is 0 Å². The van der Waals surface area contributed by atoms with Crippen LogP contribution in [0.3, 0.4) is 0 Å². The van der Waals surface area contributed by atoms with Crippen LogP contribution in [0.1, 0.15) is 53.5 Å². The molecule has 0 bridgehead atoms. The van der Waals surface area contributed by atoms with E-state index in [1.54, 1.807) is 19.3 Å². The van der Waals surface area contributed by atoms with Crippen LogP contribution in [0.15, 0.2) is 63.8 Å². The van der Waals surface area contributed by atoms with Crippen LogP contribution in [-0.4, -0.2) is 61.6 Å². The summed E-state index contributed by atoms with van der Waals surface area (Å²) >= 11 is 1.28. The Morgan fingerprint density at radius 3 is 2.60 bits per heavy atom. The third-order valence-corrected chi connectivity index (χ3v) is 6.59. The van der Waals surface area contributed by atoms with Crippen molar-refractivity contribution in [1.29, 1.82) is 0 Å². The molecule has 2 unspecified atom stereocenters. The minimum absolute atomic E-state index is 0.0435. The fraction of sp³-hybridized carbons (Fsp3) is 0.433. The summed E-state index contributed by atoms with van der Waals surface area (Å²) in [6, 6.07) is 7.06. The van der Waals surface area contributed by atoms with Crippen molar-refractivity contribution in [2.45, 2.75) is 60.0 Å². The molecule has 2 aromatic rings. The second-order valence-corrected chi connectivity index (χ2v) is 11.0. The van der Waals surface area contributed by atoms with Crippen molar-refractivity contribution in [2.75, 3.05) is 26.1 Å². The largest absolute Gasteiger partial charge is 0.456 e. The Balaban J connectivity index is 2.16. The third kappa shape index (κ3) is 9.53. The van der Waals surface area contributed by atoms with E-state index in [1.165, 1.54) is 18.4 Å². The minimum atomic E-state index is -0.982. The maximum Gasteiger partial charge on any atom is 0.287 e. The van der Waals surface area contributed by atoms with Gasteiger partial charge in [0.1, 0.15) is 11.8 Å². The first-order chi connectivity index (χ1) is 18.9. The quantitative estimate of drug-likeness (QED) is 0.184. The van der Waals surface area contributed by atoms with Gasteiger partial charge in [-0.1, -0.05) is 52.5 Å². The first-order valence-corrected chi connectivity index (χ1v) is 14.0. The number of rotatable bonds is 13. The van der Waals surface area contributed by atoms with Crippen LogP contribution in [-0.2, 0) is 19.1 Å². The number of amides is 2. The van der Waals surface area contributed by atoms with Gasteiger partial charge in [-0.15, -0.1) is 11.3 Å². The number of nitrogens with one attached hydrogen (secondary N) is 2. The van der Waals surface area contributed by atoms with Crippen LogP contribution in [0.4, 0.5) is 5.13 Å². The van der Waals surface area contributed by atoms with Crippen molar-refractivity contribution in [3.63, 3.8) is 0 Å². The standard InChI is InChI=1S/C30H41N5O4S/c1-10-19(3)32-23(16-31-8)21-13-12-14-22(15-21)25-18-40-29(34-25)35-28(37)24(17-38-9)33-27(36)20(4)39-26(11-2)30(5,6)7/h11-16,18-19,24H,4,10,17H2,1-3,5-9H3,(H,33,36)(H,34,35,37)/b26-11-,31-16?,32-23?. The summed E-state index contributed by atoms with van der Waals surface area (Å²) in [7, 11) is 3.17. The Labute approximate surface area is 241 Å². The highest BCUT2D eigenvalue weighted by molar-refractivity contribution is 7.14. The molecule has 1 heterocycles. The van der Waals surface area contributed by atoms with Gasteiger partial charge in [-0.25, -0.2) is 4.98 Å². The average molecular weight is 568 g/mol. The van der Waals surface area contributed by atoms with Gasteiger partial charge < -0.3 is 20.1 Å². The number of benzene rings is 1. The molecule has 1 aromatic carbocycles. The molecule has 0 saturated carbocycles. The van der Waals surface area contributed by atoms with Crippen LogP contribution in [0, 0.1) is 5.41 Å². The molecule has 2 amide bonds. The SMILES string of the molecule is C=C(O/C(=C\C)C(C)(C)C)C(=O)NC(COC)C(=O)Nc1nc(-c2cccc(C(C=NC)=NC(C)CC)c2)cs1. The number of carbonyl (C=O) groups is 2. The van der Waals surface area contributed by atoms with Gasteiger partial charge in [-0.05, 0) is 32.4 Å². The average Bonchev–Trinajstić information content (AvgIpc) is 3.38. The number of hydrogen-bond acceptors (Lipinski definition) is 8. The van der Waals surface area contributed by atoms with E-state index in [0.29, 0.717) is 16.6 Å². The van der Waals surface area contributed by atoms with Crippen LogP contribution in [0.2, 0.25) is 0 Å². The molecule has 0 spiro atoms. The van der Waals surface area contributed by atoms with E-state index in [0.717, 1.165) is 23.3 Å². The fourth-order valence-electron chi connectivity index (χ4n) is 3.54. The lowest BCUT2D eigenvalue weighted by Gasteiger charge is -2.24. The van der Waals surface area contributed by atoms with E-state index < -0.39 is 17.9 Å². The number of methoxy groups -OCH3 is 1. The van der Waals surface area contributed by atoms with Crippen LogP contribution in [0.25, 0.3) is 11.3 Å². The molecule has 2 N–H and O–H groups in total. The van der Waals surface area contributed by atoms with Crippen molar-refractivity contribution in [2.24, 2.45) is 15.4 Å². The Morgan fingerprint density at radius 1 is 1.27 bits per heavy atom. The highest BCUT2D eigenvalue weighted by atomic mass is 32.1. The second kappa shape index (κ2) is 15.2. The molecule has 2 atom stereocenters. The van der Waals surface area contributed by atoms with Crippen molar-refractivity contribution in [3.05, 3.63) is 59.4 Å². The zero-order valence-electron chi connectivity index (χ0n) is 24.7. The molecule has 0 aliphatic heterocycles. The van der Waals surface area contributed by atoms with Crippen LogP contribution in [0.5, 0.6) is 0 Å². The third-order valence-electron chi connectivity index (χ3n) is 5.83. The van der Waals surface area contributed by atoms with Gasteiger partial charge in [0.15, 0.2) is 10.9 Å². The number of thiazole rings is 1. The predicted molar refractivity (Wildman–Crippen MR) is 164 cm³/mol. The molecule has 2 rings (SSSR count). The summed E-state index contributed by atoms with van der Waals surface area (Å²) in [6.07, 6.45) is 4.46. The summed E-state index contributed by atoms with van der Waals surface area (Å²) in [5, 5.41) is 7.66. The number of aromatic nitrogens is 1. The van der Waals surface area contributed by atoms with Crippen molar-refractivity contribution in [3.8, 4) is 11.3 Å². The van der Waals surface area contributed by atoms with Gasteiger partial charge >= 0.3 is 0 Å². The topological polar surface area (TPSA) is 114 Å². The summed E-state index contributed by atoms with van der Waals surface area (Å²) in [5.74, 6) is -0.595. The van der Waals surface area contributed by atoms with Gasteiger partial charge in [-0.3, -0.25) is 19.6 Å². The number of anilines is 1. The maximum absolute atomic E-state index is 13.0. The number of allylic oxidation sites excluding steroid dienone is 2. The number of ether oxygens (including phenoxy) is 2. The lowest BCUT2D eigenvalue weighted by Crippen LogP contribution is -2.47. The van der Waals surface area contributed by atoms with Gasteiger partial charge in [0.25, 0.3) is 11.8 Å². The Bertz CT molecular complexity index is 1270. The zero-order chi connectivity index (χ0) is 29.9. The molecule has 10 heteroatoms. The Hall–Kier alpha value is -3.63. The van der Waals surface area contributed by atoms with Gasteiger partial charge in [0.2, 0.25) is 0 Å². The first kappa shape index (κ1) is 32.6. The molecule has 1 aromatic heterocycles. The molecule has 9 nitrogen and oxygen atoms in total. The molecule has 40 heavy (non-hydrogen) atoms. The summed E-state index contributed by atoms with van der Waals surface area (Å²) in [5.41, 5.74) is 3.00. The number of carbonyl (C=O) groups excluding carboxylic acids is 2. The monoisotopic (exact) mass is 567 g/mol. The zero-order valence-corrected chi connectivity index (χ0v) is 25.5. The van der Waals surface area contributed by atoms with Gasteiger partial charge in [-0.2, -0.15) is 0 Å². The maximum atomic E-state index is 13.0. The number of hydrogen-bond donors (Lipinski definition) is 2. The molecule has 0 saturated heterocycles. The lowest BCUT2D eigenvalue weighted by atomic mass is 9.93.